The zero-order chi connectivity index (χ0) is 7.12. The van der Waals surface area contributed by atoms with E-state index in [1.807, 2.05) is 0 Å². The molecule has 0 unspecified atom stereocenters. The number of hydrogen-bond acceptors (Lipinski definition) is 1. The molecule has 0 saturated carbocycles. The van der Waals surface area contributed by atoms with Gasteiger partial charge in [-0.1, -0.05) is 13.8 Å². The summed E-state index contributed by atoms with van der Waals surface area (Å²) in [5.41, 5.74) is 0.167. The Balaban J connectivity index is 2.84. The molecule has 0 spiro atoms. The first-order valence-corrected chi connectivity index (χ1v) is 3.31. The van der Waals surface area contributed by atoms with E-state index in [1.165, 1.54) is 0 Å². The van der Waals surface area contributed by atoms with Crippen LogP contribution in [-0.4, -0.2) is 5.60 Å². The maximum atomic E-state index is 5.38. The number of hydrogen-bond donors (Lipinski definition) is 0. The summed E-state index contributed by atoms with van der Waals surface area (Å²) < 4.78 is 5.38. The van der Waals surface area contributed by atoms with Crippen molar-refractivity contribution >= 4 is 0 Å². The van der Waals surface area contributed by atoms with Crippen LogP contribution in [0.25, 0.3) is 0 Å². The normalized spacial score (nSPS) is 28.0. The molecule has 1 aliphatic rings. The Morgan fingerprint density at radius 3 is 1.78 bits per heavy atom. The van der Waals surface area contributed by atoms with Crippen molar-refractivity contribution in [1.82, 2.24) is 0 Å². The summed E-state index contributed by atoms with van der Waals surface area (Å²) in [6, 6.07) is 0. The van der Waals surface area contributed by atoms with E-state index < -0.39 is 0 Å². The molecular weight excluding hydrogens is 112 g/mol. The maximum Gasteiger partial charge on any atom is 0.111 e. The quantitative estimate of drug-likeness (QED) is 0.484. The average molecular weight is 126 g/mol. The molecule has 0 bridgehead atoms. The van der Waals surface area contributed by atoms with Gasteiger partial charge < -0.3 is 4.74 Å². The standard InChI is InChI=1S/C8H14O/c1-7(2)5-6-9-8(7,3)4/h5-6H,1-4H3. The van der Waals surface area contributed by atoms with E-state index in [0.717, 1.165) is 0 Å². The summed E-state index contributed by atoms with van der Waals surface area (Å²) in [7, 11) is 0. The predicted octanol–water partition coefficient (Wildman–Crippen LogP) is 2.34. The summed E-state index contributed by atoms with van der Waals surface area (Å²) >= 11 is 0. The van der Waals surface area contributed by atoms with Crippen LogP contribution in [0.5, 0.6) is 0 Å². The van der Waals surface area contributed by atoms with Gasteiger partial charge in [0.15, 0.2) is 0 Å². The Morgan fingerprint density at radius 1 is 1.11 bits per heavy atom. The number of ether oxygens (including phenoxy) is 1. The number of rotatable bonds is 0. The highest BCUT2D eigenvalue weighted by molar-refractivity contribution is 5.07. The highest BCUT2D eigenvalue weighted by atomic mass is 16.5. The second kappa shape index (κ2) is 1.53. The first-order chi connectivity index (χ1) is 3.96. The fraction of sp³-hybridized carbons (Fsp3) is 0.750. The van der Waals surface area contributed by atoms with Gasteiger partial charge in [-0.2, -0.15) is 0 Å². The van der Waals surface area contributed by atoms with E-state index in [9.17, 15) is 0 Å². The molecule has 0 aromatic heterocycles. The molecule has 0 atom stereocenters. The molecule has 1 nitrogen and oxygen atoms in total. The summed E-state index contributed by atoms with van der Waals surface area (Å²) in [6.45, 7) is 8.56. The van der Waals surface area contributed by atoms with Crippen LogP contribution >= 0.6 is 0 Å². The van der Waals surface area contributed by atoms with E-state index in [1.54, 1.807) is 6.26 Å². The van der Waals surface area contributed by atoms with Crippen molar-refractivity contribution < 1.29 is 4.74 Å². The third-order valence-corrected chi connectivity index (χ3v) is 2.40. The Kier molecular flexibility index (Phi) is 1.13. The van der Waals surface area contributed by atoms with Crippen LogP contribution in [0.1, 0.15) is 27.7 Å². The van der Waals surface area contributed by atoms with Crippen LogP contribution in [0.2, 0.25) is 0 Å². The van der Waals surface area contributed by atoms with E-state index in [0.29, 0.717) is 0 Å². The van der Waals surface area contributed by atoms with Gasteiger partial charge in [-0.3, -0.25) is 0 Å². The predicted molar refractivity (Wildman–Crippen MR) is 38.1 cm³/mol. The largest absolute Gasteiger partial charge is 0.495 e. The van der Waals surface area contributed by atoms with Crippen molar-refractivity contribution in [2.75, 3.05) is 0 Å². The van der Waals surface area contributed by atoms with E-state index in [4.69, 9.17) is 4.74 Å². The second-order valence-corrected chi connectivity index (χ2v) is 3.65. The lowest BCUT2D eigenvalue weighted by Crippen LogP contribution is -2.34. The van der Waals surface area contributed by atoms with Crippen molar-refractivity contribution in [2.45, 2.75) is 33.3 Å². The Morgan fingerprint density at radius 2 is 1.67 bits per heavy atom. The molecule has 0 aliphatic carbocycles. The molecule has 0 fully saturated rings. The summed E-state index contributed by atoms with van der Waals surface area (Å²) in [5, 5.41) is 0. The van der Waals surface area contributed by atoms with E-state index >= 15 is 0 Å². The zero-order valence-electron chi connectivity index (χ0n) is 6.56. The van der Waals surface area contributed by atoms with Gasteiger partial charge in [0.25, 0.3) is 0 Å². The van der Waals surface area contributed by atoms with Crippen molar-refractivity contribution in [2.24, 2.45) is 5.41 Å². The maximum absolute atomic E-state index is 5.38. The van der Waals surface area contributed by atoms with Crippen molar-refractivity contribution in [1.29, 1.82) is 0 Å². The van der Waals surface area contributed by atoms with Crippen molar-refractivity contribution in [3.63, 3.8) is 0 Å². The van der Waals surface area contributed by atoms with E-state index in [2.05, 4.69) is 33.8 Å². The average Bonchev–Trinajstić information content (AvgIpc) is 1.81. The lowest BCUT2D eigenvalue weighted by molar-refractivity contribution is 0.00742. The van der Waals surface area contributed by atoms with E-state index in [-0.39, 0.29) is 11.0 Å². The molecule has 1 aliphatic heterocycles. The van der Waals surface area contributed by atoms with Crippen LogP contribution in [0.4, 0.5) is 0 Å². The van der Waals surface area contributed by atoms with Crippen LogP contribution in [-0.2, 0) is 4.74 Å². The lowest BCUT2D eigenvalue weighted by Gasteiger charge is -2.32. The molecule has 52 valence electrons. The van der Waals surface area contributed by atoms with Crippen molar-refractivity contribution in [3.05, 3.63) is 12.3 Å². The zero-order valence-corrected chi connectivity index (χ0v) is 6.56. The van der Waals surface area contributed by atoms with Gasteiger partial charge in [-0.15, -0.1) is 0 Å². The Hall–Kier alpha value is -0.460. The lowest BCUT2D eigenvalue weighted by atomic mass is 9.79. The molecule has 0 N–H and O–H groups in total. The summed E-state index contributed by atoms with van der Waals surface area (Å²) in [6.07, 6.45) is 3.90. The third-order valence-electron chi connectivity index (χ3n) is 2.40. The van der Waals surface area contributed by atoms with Gasteiger partial charge in [0.2, 0.25) is 0 Å². The highest BCUT2D eigenvalue weighted by Gasteiger charge is 2.39. The summed E-state index contributed by atoms with van der Waals surface area (Å²) in [4.78, 5) is 0. The monoisotopic (exact) mass is 126 g/mol. The minimum absolute atomic E-state index is 0.0208. The first kappa shape index (κ1) is 6.66. The minimum Gasteiger partial charge on any atom is -0.495 e. The second-order valence-electron chi connectivity index (χ2n) is 3.65. The SMILES string of the molecule is CC1(C)C=COC1(C)C. The van der Waals surface area contributed by atoms with Crippen LogP contribution in [0.15, 0.2) is 12.3 Å². The molecule has 0 aromatic carbocycles. The molecule has 9 heavy (non-hydrogen) atoms. The molecule has 1 rings (SSSR count). The van der Waals surface area contributed by atoms with Gasteiger partial charge in [0.1, 0.15) is 5.60 Å². The minimum atomic E-state index is -0.0208. The molecule has 0 radical (unpaired) electrons. The first-order valence-electron chi connectivity index (χ1n) is 3.31. The van der Waals surface area contributed by atoms with Crippen molar-refractivity contribution in [3.8, 4) is 0 Å². The molecular formula is C8H14O. The van der Waals surface area contributed by atoms with Gasteiger partial charge in [0, 0.05) is 5.41 Å². The third kappa shape index (κ3) is 0.846. The van der Waals surface area contributed by atoms with Crippen LogP contribution < -0.4 is 0 Å². The fourth-order valence-electron chi connectivity index (χ4n) is 0.727. The fourth-order valence-corrected chi connectivity index (χ4v) is 0.727. The molecule has 0 aromatic rings. The molecule has 1 heteroatoms. The van der Waals surface area contributed by atoms with Gasteiger partial charge in [-0.25, -0.2) is 0 Å². The molecule has 0 amide bonds. The molecule has 1 heterocycles. The summed E-state index contributed by atoms with van der Waals surface area (Å²) in [5.74, 6) is 0. The van der Waals surface area contributed by atoms with Gasteiger partial charge in [0.05, 0.1) is 6.26 Å². The highest BCUT2D eigenvalue weighted by Crippen LogP contribution is 2.39. The topological polar surface area (TPSA) is 9.23 Å². The van der Waals surface area contributed by atoms with Crippen LogP contribution in [0, 0.1) is 5.41 Å². The Bertz CT molecular complexity index is 143. The molecule has 0 saturated heterocycles. The van der Waals surface area contributed by atoms with Gasteiger partial charge >= 0.3 is 0 Å². The smallest absolute Gasteiger partial charge is 0.111 e. The van der Waals surface area contributed by atoms with Crippen LogP contribution in [0.3, 0.4) is 0 Å². The Labute approximate surface area is 56.7 Å². The van der Waals surface area contributed by atoms with Gasteiger partial charge in [-0.05, 0) is 19.9 Å².